The van der Waals surface area contributed by atoms with Gasteiger partial charge in [0, 0.05) is 6.20 Å². The molecule has 0 aliphatic carbocycles. The zero-order valence-electron chi connectivity index (χ0n) is 10.5. The second-order valence-electron chi connectivity index (χ2n) is 4.14. The van der Waals surface area contributed by atoms with Gasteiger partial charge in [0.25, 0.3) is 0 Å². The molecular formula is C14H12N4OS. The van der Waals surface area contributed by atoms with Gasteiger partial charge < -0.3 is 10.3 Å². The smallest absolute Gasteiger partial charge is 0.234 e. The summed E-state index contributed by atoms with van der Waals surface area (Å²) >= 11 is 1.37. The number of aromatic nitrogens is 3. The zero-order valence-corrected chi connectivity index (χ0v) is 11.4. The minimum Gasteiger partial charge on any atom is -0.333 e. The number of thioether (sulfide) groups is 1. The quantitative estimate of drug-likeness (QED) is 0.723. The minimum absolute atomic E-state index is 0.0801. The molecule has 6 heteroatoms. The van der Waals surface area contributed by atoms with Crippen LogP contribution in [0.25, 0.3) is 11.0 Å². The largest absolute Gasteiger partial charge is 0.333 e. The molecule has 0 bridgehead atoms. The third-order valence-corrected chi connectivity index (χ3v) is 3.53. The highest BCUT2D eigenvalue weighted by molar-refractivity contribution is 7.99. The number of carbonyl (C=O) groups excluding carboxylic acids is 1. The first-order chi connectivity index (χ1) is 9.81. The zero-order chi connectivity index (χ0) is 13.8. The van der Waals surface area contributed by atoms with Gasteiger partial charge in [-0.25, -0.2) is 4.98 Å². The average molecular weight is 284 g/mol. The number of nitrogens with one attached hydrogen (secondary N) is 2. The number of hydrogen-bond donors (Lipinski definition) is 2. The Labute approximate surface area is 119 Å². The number of fused-ring (bicyclic) bond motifs is 1. The summed E-state index contributed by atoms with van der Waals surface area (Å²) in [4.78, 5) is 23.3. The SMILES string of the molecule is O=C(CSc1nc2ccccc2[nH]1)Nc1cccnc1. The third-order valence-electron chi connectivity index (χ3n) is 2.65. The second kappa shape index (κ2) is 5.75. The predicted molar refractivity (Wildman–Crippen MR) is 79.7 cm³/mol. The Morgan fingerprint density at radius 1 is 1.25 bits per heavy atom. The van der Waals surface area contributed by atoms with Gasteiger partial charge in [0.1, 0.15) is 0 Å². The average Bonchev–Trinajstić information content (AvgIpc) is 2.89. The van der Waals surface area contributed by atoms with Crippen molar-refractivity contribution in [3.05, 3.63) is 48.8 Å². The van der Waals surface area contributed by atoms with Crippen molar-refractivity contribution in [2.24, 2.45) is 0 Å². The topological polar surface area (TPSA) is 70.7 Å². The van der Waals surface area contributed by atoms with Crippen molar-refractivity contribution < 1.29 is 4.79 Å². The number of para-hydroxylation sites is 2. The summed E-state index contributed by atoms with van der Waals surface area (Å²) in [5, 5.41) is 3.53. The van der Waals surface area contributed by atoms with Gasteiger partial charge in [-0.15, -0.1) is 0 Å². The highest BCUT2D eigenvalue weighted by atomic mass is 32.2. The highest BCUT2D eigenvalue weighted by Gasteiger charge is 2.07. The van der Waals surface area contributed by atoms with Crippen molar-refractivity contribution >= 4 is 34.4 Å². The summed E-state index contributed by atoms with van der Waals surface area (Å²) in [6.07, 6.45) is 3.28. The lowest BCUT2D eigenvalue weighted by Crippen LogP contribution is -2.14. The molecule has 100 valence electrons. The monoisotopic (exact) mass is 284 g/mol. The van der Waals surface area contributed by atoms with Gasteiger partial charge in [-0.05, 0) is 24.3 Å². The van der Waals surface area contributed by atoms with Gasteiger partial charge in [-0.1, -0.05) is 23.9 Å². The first kappa shape index (κ1) is 12.7. The number of nitrogens with zero attached hydrogens (tertiary/aromatic N) is 2. The number of carbonyl (C=O) groups is 1. The van der Waals surface area contributed by atoms with E-state index < -0.39 is 0 Å². The van der Waals surface area contributed by atoms with Crippen LogP contribution in [0, 0.1) is 0 Å². The fourth-order valence-electron chi connectivity index (χ4n) is 1.77. The number of benzene rings is 1. The lowest BCUT2D eigenvalue weighted by Gasteiger charge is -2.02. The van der Waals surface area contributed by atoms with Crippen LogP contribution in [0.2, 0.25) is 0 Å². The normalized spacial score (nSPS) is 10.6. The van der Waals surface area contributed by atoms with Gasteiger partial charge in [0.05, 0.1) is 28.7 Å². The molecule has 0 saturated carbocycles. The van der Waals surface area contributed by atoms with Crippen LogP contribution in [-0.2, 0) is 4.79 Å². The molecule has 2 aromatic heterocycles. The third kappa shape index (κ3) is 2.97. The van der Waals surface area contributed by atoms with Crippen molar-refractivity contribution in [2.45, 2.75) is 5.16 Å². The first-order valence-electron chi connectivity index (χ1n) is 6.09. The molecule has 2 N–H and O–H groups in total. The Morgan fingerprint density at radius 2 is 2.15 bits per heavy atom. The van der Waals surface area contributed by atoms with Crippen molar-refractivity contribution in [3.63, 3.8) is 0 Å². The Balaban J connectivity index is 1.60. The molecule has 0 aliphatic heterocycles. The van der Waals surface area contributed by atoms with E-state index in [-0.39, 0.29) is 5.91 Å². The summed E-state index contributed by atoms with van der Waals surface area (Å²) in [5.41, 5.74) is 2.58. The molecule has 2 heterocycles. The summed E-state index contributed by atoms with van der Waals surface area (Å²) < 4.78 is 0. The van der Waals surface area contributed by atoms with E-state index in [9.17, 15) is 4.79 Å². The van der Waals surface area contributed by atoms with Gasteiger partial charge in [0.2, 0.25) is 5.91 Å². The molecule has 0 atom stereocenters. The van der Waals surface area contributed by atoms with E-state index in [2.05, 4.69) is 20.3 Å². The number of imidazole rings is 1. The predicted octanol–water partition coefficient (Wildman–Crippen LogP) is 2.69. The van der Waals surface area contributed by atoms with Crippen LogP contribution in [0.15, 0.2) is 53.9 Å². The van der Waals surface area contributed by atoms with E-state index >= 15 is 0 Å². The van der Waals surface area contributed by atoms with Gasteiger partial charge in [-0.2, -0.15) is 0 Å². The van der Waals surface area contributed by atoms with E-state index in [4.69, 9.17) is 0 Å². The lowest BCUT2D eigenvalue weighted by atomic mass is 10.3. The molecule has 1 amide bonds. The van der Waals surface area contributed by atoms with Crippen LogP contribution in [0.4, 0.5) is 5.69 Å². The molecule has 0 radical (unpaired) electrons. The van der Waals surface area contributed by atoms with Crippen LogP contribution in [0.1, 0.15) is 0 Å². The lowest BCUT2D eigenvalue weighted by molar-refractivity contribution is -0.113. The van der Waals surface area contributed by atoms with Crippen molar-refractivity contribution in [3.8, 4) is 0 Å². The Kier molecular flexibility index (Phi) is 3.64. The maximum absolute atomic E-state index is 11.8. The molecular weight excluding hydrogens is 272 g/mol. The van der Waals surface area contributed by atoms with Gasteiger partial charge >= 0.3 is 0 Å². The van der Waals surface area contributed by atoms with Gasteiger partial charge in [-0.3, -0.25) is 9.78 Å². The van der Waals surface area contributed by atoms with Crippen LogP contribution in [0.5, 0.6) is 0 Å². The second-order valence-corrected chi connectivity index (χ2v) is 5.10. The molecule has 1 aromatic carbocycles. The number of rotatable bonds is 4. The van der Waals surface area contributed by atoms with Crippen LogP contribution in [-0.4, -0.2) is 26.6 Å². The summed E-state index contributed by atoms with van der Waals surface area (Å²) in [6.45, 7) is 0. The molecule has 0 saturated heterocycles. The first-order valence-corrected chi connectivity index (χ1v) is 7.07. The van der Waals surface area contributed by atoms with E-state index in [1.54, 1.807) is 24.5 Å². The Bertz CT molecular complexity index is 693. The molecule has 5 nitrogen and oxygen atoms in total. The van der Waals surface area contributed by atoms with Crippen LogP contribution in [0.3, 0.4) is 0 Å². The van der Waals surface area contributed by atoms with Crippen LogP contribution < -0.4 is 5.32 Å². The number of aromatic amines is 1. The molecule has 0 unspecified atom stereocenters. The van der Waals surface area contributed by atoms with Crippen molar-refractivity contribution in [1.29, 1.82) is 0 Å². The number of anilines is 1. The summed E-state index contributed by atoms with van der Waals surface area (Å²) in [5.74, 6) is 0.220. The summed E-state index contributed by atoms with van der Waals surface area (Å²) in [6, 6.07) is 11.4. The van der Waals surface area contributed by atoms with E-state index in [1.165, 1.54) is 11.8 Å². The van der Waals surface area contributed by atoms with Crippen molar-refractivity contribution in [2.75, 3.05) is 11.1 Å². The number of hydrogen-bond acceptors (Lipinski definition) is 4. The fraction of sp³-hybridized carbons (Fsp3) is 0.0714. The van der Waals surface area contributed by atoms with E-state index in [1.807, 2.05) is 24.3 Å². The maximum Gasteiger partial charge on any atom is 0.234 e. The van der Waals surface area contributed by atoms with E-state index in [0.29, 0.717) is 11.4 Å². The van der Waals surface area contributed by atoms with Gasteiger partial charge in [0.15, 0.2) is 5.16 Å². The van der Waals surface area contributed by atoms with E-state index in [0.717, 1.165) is 16.2 Å². The molecule has 3 rings (SSSR count). The number of amides is 1. The van der Waals surface area contributed by atoms with Crippen LogP contribution >= 0.6 is 11.8 Å². The standard InChI is InChI=1S/C14H12N4OS/c19-13(16-10-4-3-7-15-8-10)9-20-14-17-11-5-1-2-6-12(11)18-14/h1-8H,9H2,(H,16,19)(H,17,18). The molecule has 3 aromatic rings. The fourth-order valence-corrected chi connectivity index (χ4v) is 2.45. The maximum atomic E-state index is 11.8. The highest BCUT2D eigenvalue weighted by Crippen LogP contribution is 2.19. The summed E-state index contributed by atoms with van der Waals surface area (Å²) in [7, 11) is 0. The Hall–Kier alpha value is -2.34. The number of pyridine rings is 1. The molecule has 0 fully saturated rings. The van der Waals surface area contributed by atoms with Crippen molar-refractivity contribution in [1.82, 2.24) is 15.0 Å². The number of H-pyrrole nitrogens is 1. The Morgan fingerprint density at radius 3 is 2.95 bits per heavy atom. The molecule has 0 spiro atoms. The minimum atomic E-state index is -0.0801. The molecule has 0 aliphatic rings. The molecule has 20 heavy (non-hydrogen) atoms.